The molecule has 84 valence electrons. The van der Waals surface area contributed by atoms with Crippen LogP contribution in [-0.4, -0.2) is 28.7 Å². The molecule has 0 fully saturated rings. The quantitative estimate of drug-likeness (QED) is 0.617. The molecule has 0 saturated carbocycles. The largest absolute Gasteiger partial charge is 0.382 e. The summed E-state index contributed by atoms with van der Waals surface area (Å²) in [7, 11) is 0. The molecule has 0 bridgehead atoms. The number of rotatable bonds is 4. The second kappa shape index (κ2) is 5.32. The van der Waals surface area contributed by atoms with E-state index in [4.69, 9.17) is 5.73 Å². The Morgan fingerprint density at radius 1 is 1.50 bits per heavy atom. The molecular formula is C10H22N2O2. The van der Waals surface area contributed by atoms with Crippen LogP contribution >= 0.6 is 0 Å². The summed E-state index contributed by atoms with van der Waals surface area (Å²) in [5, 5.41) is 12.2. The van der Waals surface area contributed by atoms with Crippen LogP contribution in [0, 0.1) is 0 Å². The normalized spacial score (nSPS) is 16.1. The molecule has 0 aromatic heterocycles. The summed E-state index contributed by atoms with van der Waals surface area (Å²) in [6.07, 6.45) is 0.411. The predicted octanol–water partition coefficient (Wildman–Crippen LogP) is 0.389. The highest BCUT2D eigenvalue weighted by Crippen LogP contribution is 2.03. The van der Waals surface area contributed by atoms with Gasteiger partial charge < -0.3 is 16.2 Å². The van der Waals surface area contributed by atoms with Gasteiger partial charge in [0.1, 0.15) is 6.10 Å². The van der Waals surface area contributed by atoms with Gasteiger partial charge in [-0.25, -0.2) is 0 Å². The van der Waals surface area contributed by atoms with Gasteiger partial charge in [-0.1, -0.05) is 13.3 Å². The molecule has 14 heavy (non-hydrogen) atoms. The van der Waals surface area contributed by atoms with Crippen molar-refractivity contribution in [2.75, 3.05) is 0 Å². The number of hydrogen-bond acceptors (Lipinski definition) is 3. The number of nitrogens with two attached hydrogens (primary N) is 1. The third-order valence-corrected chi connectivity index (χ3v) is 1.79. The molecule has 0 heterocycles. The maximum absolute atomic E-state index is 11.4. The molecule has 1 amide bonds. The molecule has 0 rings (SSSR count). The van der Waals surface area contributed by atoms with Gasteiger partial charge in [0.15, 0.2) is 0 Å². The fourth-order valence-corrected chi connectivity index (χ4v) is 1.13. The van der Waals surface area contributed by atoms with E-state index in [1.165, 1.54) is 0 Å². The molecule has 4 nitrogen and oxygen atoms in total. The summed E-state index contributed by atoms with van der Waals surface area (Å²) in [6.45, 7) is 7.56. The molecule has 0 aromatic carbocycles. The molecule has 0 aliphatic rings. The van der Waals surface area contributed by atoms with Crippen LogP contribution in [0.5, 0.6) is 0 Å². The van der Waals surface area contributed by atoms with Crippen molar-refractivity contribution in [3.63, 3.8) is 0 Å². The summed E-state index contributed by atoms with van der Waals surface area (Å²) in [5.41, 5.74) is 5.31. The molecule has 0 saturated heterocycles. The predicted molar refractivity (Wildman–Crippen MR) is 56.8 cm³/mol. The number of carbonyl (C=O) groups excluding carboxylic acids is 1. The van der Waals surface area contributed by atoms with E-state index in [0.717, 1.165) is 6.42 Å². The van der Waals surface area contributed by atoms with Crippen molar-refractivity contribution in [2.45, 2.75) is 58.2 Å². The minimum atomic E-state index is -1.10. The number of aliphatic hydroxyl groups excluding tert-OH is 1. The van der Waals surface area contributed by atoms with E-state index >= 15 is 0 Å². The molecule has 0 unspecified atom stereocenters. The lowest BCUT2D eigenvalue weighted by Gasteiger charge is -2.25. The molecule has 4 N–H and O–H groups in total. The average Bonchev–Trinajstić information content (AvgIpc) is 2.00. The summed E-state index contributed by atoms with van der Waals surface area (Å²) in [6, 6.07) is -0.470. The van der Waals surface area contributed by atoms with Gasteiger partial charge in [0.05, 0.1) is 0 Å². The van der Waals surface area contributed by atoms with E-state index < -0.39 is 18.1 Å². The van der Waals surface area contributed by atoms with Gasteiger partial charge in [-0.2, -0.15) is 0 Å². The van der Waals surface area contributed by atoms with E-state index in [0.29, 0.717) is 6.42 Å². The smallest absolute Gasteiger partial charge is 0.250 e. The Kier molecular flexibility index (Phi) is 5.08. The van der Waals surface area contributed by atoms with Crippen molar-refractivity contribution in [3.05, 3.63) is 0 Å². The molecule has 0 aliphatic heterocycles. The van der Waals surface area contributed by atoms with Crippen molar-refractivity contribution in [3.8, 4) is 0 Å². The standard InChI is InChI=1S/C10H22N2O2/c1-5-6-7(11)8(13)9(14)12-10(2,3)4/h7-8,13H,5-6,11H2,1-4H3,(H,12,14)/t7-,8-/m0/s1. The monoisotopic (exact) mass is 202 g/mol. The maximum atomic E-state index is 11.4. The number of nitrogens with one attached hydrogen (secondary N) is 1. The fourth-order valence-electron chi connectivity index (χ4n) is 1.13. The van der Waals surface area contributed by atoms with E-state index in [1.807, 2.05) is 27.7 Å². The molecular weight excluding hydrogens is 180 g/mol. The molecule has 0 aromatic rings. The first-order valence-corrected chi connectivity index (χ1v) is 5.03. The summed E-state index contributed by atoms with van der Waals surface area (Å²) in [5.74, 6) is -0.390. The van der Waals surface area contributed by atoms with Gasteiger partial charge >= 0.3 is 0 Å². The topological polar surface area (TPSA) is 75.3 Å². The Morgan fingerprint density at radius 3 is 2.36 bits per heavy atom. The summed E-state index contributed by atoms with van der Waals surface area (Å²) >= 11 is 0. The first-order chi connectivity index (χ1) is 6.28. The Hall–Kier alpha value is -0.610. The van der Waals surface area contributed by atoms with Gasteiger partial charge in [-0.3, -0.25) is 4.79 Å². The zero-order chi connectivity index (χ0) is 11.4. The van der Waals surface area contributed by atoms with Gasteiger partial charge in [-0.15, -0.1) is 0 Å². The minimum absolute atomic E-state index is 0.329. The fraction of sp³-hybridized carbons (Fsp3) is 0.900. The first kappa shape index (κ1) is 13.4. The Bertz CT molecular complexity index is 187. The Labute approximate surface area is 85.9 Å². The molecule has 4 heteroatoms. The van der Waals surface area contributed by atoms with Gasteiger partial charge in [0.25, 0.3) is 5.91 Å². The first-order valence-electron chi connectivity index (χ1n) is 5.03. The highest BCUT2D eigenvalue weighted by Gasteiger charge is 2.25. The number of amides is 1. The van der Waals surface area contributed by atoms with Gasteiger partial charge in [0, 0.05) is 11.6 Å². The van der Waals surface area contributed by atoms with Crippen molar-refractivity contribution >= 4 is 5.91 Å². The van der Waals surface area contributed by atoms with Gasteiger partial charge in [0.2, 0.25) is 0 Å². The number of hydrogen-bond donors (Lipinski definition) is 3. The SMILES string of the molecule is CCC[C@H](N)[C@H](O)C(=O)NC(C)(C)C. The van der Waals surface area contributed by atoms with Gasteiger partial charge in [-0.05, 0) is 27.2 Å². The Morgan fingerprint density at radius 2 is 2.00 bits per heavy atom. The van der Waals surface area contributed by atoms with E-state index in [-0.39, 0.29) is 5.54 Å². The molecule has 0 spiro atoms. The van der Waals surface area contributed by atoms with Crippen LogP contribution in [0.25, 0.3) is 0 Å². The summed E-state index contributed by atoms with van der Waals surface area (Å²) in [4.78, 5) is 11.4. The van der Waals surface area contributed by atoms with Crippen molar-refractivity contribution in [1.29, 1.82) is 0 Å². The van der Waals surface area contributed by atoms with Crippen molar-refractivity contribution < 1.29 is 9.90 Å². The number of carbonyl (C=O) groups is 1. The lowest BCUT2D eigenvalue weighted by Crippen LogP contribution is -2.51. The van der Waals surface area contributed by atoms with Crippen molar-refractivity contribution in [2.24, 2.45) is 5.73 Å². The van der Waals surface area contributed by atoms with E-state index in [9.17, 15) is 9.90 Å². The highest BCUT2D eigenvalue weighted by atomic mass is 16.3. The van der Waals surface area contributed by atoms with E-state index in [1.54, 1.807) is 0 Å². The Balaban J connectivity index is 4.12. The lowest BCUT2D eigenvalue weighted by atomic mass is 10.0. The van der Waals surface area contributed by atoms with Crippen LogP contribution < -0.4 is 11.1 Å². The van der Waals surface area contributed by atoms with Crippen LogP contribution in [0.2, 0.25) is 0 Å². The molecule has 0 radical (unpaired) electrons. The highest BCUT2D eigenvalue weighted by molar-refractivity contribution is 5.81. The third-order valence-electron chi connectivity index (χ3n) is 1.79. The summed E-state index contributed by atoms with van der Waals surface area (Å²) < 4.78 is 0. The van der Waals surface area contributed by atoms with Crippen LogP contribution in [0.4, 0.5) is 0 Å². The number of aliphatic hydroxyl groups is 1. The average molecular weight is 202 g/mol. The third kappa shape index (κ3) is 5.19. The van der Waals surface area contributed by atoms with E-state index in [2.05, 4.69) is 5.32 Å². The minimum Gasteiger partial charge on any atom is -0.382 e. The zero-order valence-electron chi connectivity index (χ0n) is 9.50. The van der Waals surface area contributed by atoms with Crippen LogP contribution in [0.15, 0.2) is 0 Å². The van der Waals surface area contributed by atoms with Crippen LogP contribution in [-0.2, 0) is 4.79 Å². The second-order valence-electron chi connectivity index (χ2n) is 4.64. The van der Waals surface area contributed by atoms with Crippen LogP contribution in [0.3, 0.4) is 0 Å². The zero-order valence-corrected chi connectivity index (χ0v) is 9.50. The van der Waals surface area contributed by atoms with Crippen molar-refractivity contribution in [1.82, 2.24) is 5.32 Å². The van der Waals surface area contributed by atoms with Crippen LogP contribution in [0.1, 0.15) is 40.5 Å². The molecule has 0 aliphatic carbocycles. The lowest BCUT2D eigenvalue weighted by molar-refractivity contribution is -0.131. The maximum Gasteiger partial charge on any atom is 0.250 e. The second-order valence-corrected chi connectivity index (χ2v) is 4.64. The molecule has 2 atom stereocenters.